The topological polar surface area (TPSA) is 18.5 Å². The summed E-state index contributed by atoms with van der Waals surface area (Å²) in [6.45, 7) is 10.0. The third-order valence-corrected chi connectivity index (χ3v) is 3.33. The van der Waals surface area contributed by atoms with E-state index < -0.39 is 0 Å². The minimum atomic E-state index is -0.178. The molecule has 2 unspecified atom stereocenters. The second-order valence-corrected chi connectivity index (χ2v) is 4.38. The van der Waals surface area contributed by atoms with Gasteiger partial charge in [-0.15, -0.1) is 6.58 Å². The van der Waals surface area contributed by atoms with E-state index in [1.165, 1.54) is 0 Å². The normalized spacial score (nSPS) is 45.4. The average Bonchev–Trinajstić information content (AvgIpc) is 2.14. The standard InChI is InChI=1S/C9H15BO2/c1-7(2)10-11-8(3)5-6-9(8,4)12-10/h1,5-6H2,2-4H3. The van der Waals surface area contributed by atoms with Crippen molar-refractivity contribution < 1.29 is 9.31 Å². The first-order valence-electron chi connectivity index (χ1n) is 4.48. The Labute approximate surface area is 74.1 Å². The molecular formula is C9H15BO2. The first-order valence-corrected chi connectivity index (χ1v) is 4.48. The van der Waals surface area contributed by atoms with E-state index >= 15 is 0 Å². The third kappa shape index (κ3) is 0.838. The molecule has 1 saturated heterocycles. The minimum absolute atomic E-state index is 0.0589. The van der Waals surface area contributed by atoms with Crippen molar-refractivity contribution in [1.29, 1.82) is 0 Å². The molecule has 0 bridgehead atoms. The van der Waals surface area contributed by atoms with Crippen molar-refractivity contribution in [3.05, 3.63) is 12.1 Å². The van der Waals surface area contributed by atoms with E-state index in [9.17, 15) is 0 Å². The third-order valence-electron chi connectivity index (χ3n) is 3.33. The lowest BCUT2D eigenvalue weighted by molar-refractivity contribution is -0.108. The van der Waals surface area contributed by atoms with Gasteiger partial charge in [-0.3, -0.25) is 0 Å². The van der Waals surface area contributed by atoms with Crippen LogP contribution in [-0.2, 0) is 9.31 Å². The van der Waals surface area contributed by atoms with Crippen molar-refractivity contribution >= 4 is 7.12 Å². The van der Waals surface area contributed by atoms with Crippen LogP contribution in [0.1, 0.15) is 33.6 Å². The van der Waals surface area contributed by atoms with Gasteiger partial charge in [0.1, 0.15) is 0 Å². The lowest BCUT2D eigenvalue weighted by atomic mass is 9.68. The van der Waals surface area contributed by atoms with Crippen LogP contribution in [0, 0.1) is 0 Å². The molecule has 2 aliphatic rings. The van der Waals surface area contributed by atoms with Gasteiger partial charge in [0.2, 0.25) is 0 Å². The zero-order valence-electron chi connectivity index (χ0n) is 8.02. The predicted molar refractivity (Wildman–Crippen MR) is 48.8 cm³/mol. The fourth-order valence-electron chi connectivity index (χ4n) is 1.89. The molecule has 3 heteroatoms. The molecule has 0 aromatic carbocycles. The number of hydrogen-bond donors (Lipinski definition) is 0. The summed E-state index contributed by atoms with van der Waals surface area (Å²) in [6.07, 6.45) is 2.21. The molecule has 66 valence electrons. The molecule has 1 saturated carbocycles. The fraction of sp³-hybridized carbons (Fsp3) is 0.778. The van der Waals surface area contributed by atoms with Gasteiger partial charge >= 0.3 is 7.12 Å². The van der Waals surface area contributed by atoms with Crippen LogP contribution >= 0.6 is 0 Å². The summed E-state index contributed by atoms with van der Waals surface area (Å²) in [4.78, 5) is 0. The Kier molecular flexibility index (Phi) is 1.49. The van der Waals surface area contributed by atoms with Gasteiger partial charge < -0.3 is 9.31 Å². The summed E-state index contributed by atoms with van der Waals surface area (Å²) < 4.78 is 11.6. The number of fused-ring (bicyclic) bond motifs is 1. The molecule has 0 aromatic heterocycles. The molecule has 0 aromatic rings. The summed E-state index contributed by atoms with van der Waals surface area (Å²) in [5.74, 6) is 0. The van der Waals surface area contributed by atoms with Gasteiger partial charge in [0.25, 0.3) is 0 Å². The second-order valence-electron chi connectivity index (χ2n) is 4.38. The van der Waals surface area contributed by atoms with Crippen molar-refractivity contribution in [3.63, 3.8) is 0 Å². The Morgan fingerprint density at radius 2 is 1.67 bits per heavy atom. The SMILES string of the molecule is C=C(C)B1OC2(C)CCC2(C)O1. The Morgan fingerprint density at radius 3 is 1.92 bits per heavy atom. The van der Waals surface area contributed by atoms with Gasteiger partial charge in [-0.25, -0.2) is 0 Å². The van der Waals surface area contributed by atoms with Gasteiger partial charge in [-0.1, -0.05) is 5.47 Å². The van der Waals surface area contributed by atoms with Crippen LogP contribution in [0.4, 0.5) is 0 Å². The van der Waals surface area contributed by atoms with Crippen LogP contribution in [0.5, 0.6) is 0 Å². The molecule has 0 amide bonds. The molecule has 2 nitrogen and oxygen atoms in total. The number of hydrogen-bond acceptors (Lipinski definition) is 2. The number of rotatable bonds is 1. The lowest BCUT2D eigenvalue weighted by Crippen LogP contribution is -2.56. The second kappa shape index (κ2) is 2.15. The zero-order chi connectivity index (χ0) is 8.98. The molecule has 2 atom stereocenters. The van der Waals surface area contributed by atoms with Gasteiger partial charge in [0.05, 0.1) is 11.2 Å². The molecule has 0 radical (unpaired) electrons. The quantitative estimate of drug-likeness (QED) is 0.554. The van der Waals surface area contributed by atoms with E-state index in [0.717, 1.165) is 18.3 Å². The zero-order valence-corrected chi connectivity index (χ0v) is 8.02. The van der Waals surface area contributed by atoms with Gasteiger partial charge in [-0.05, 0) is 33.6 Å². The summed E-state index contributed by atoms with van der Waals surface area (Å²) in [5.41, 5.74) is 0.847. The Morgan fingerprint density at radius 1 is 1.25 bits per heavy atom. The van der Waals surface area contributed by atoms with Crippen molar-refractivity contribution in [2.45, 2.75) is 44.8 Å². The Bertz CT molecular complexity index is 223. The average molecular weight is 166 g/mol. The predicted octanol–water partition coefficient (Wildman–Crippen LogP) is 1.95. The maximum absolute atomic E-state index is 5.79. The van der Waals surface area contributed by atoms with Crippen LogP contribution in [0.25, 0.3) is 0 Å². The molecular weight excluding hydrogens is 151 g/mol. The summed E-state index contributed by atoms with van der Waals surface area (Å²) in [7, 11) is -0.178. The first-order chi connectivity index (χ1) is 5.47. The largest absolute Gasteiger partial charge is 0.489 e. The smallest absolute Gasteiger partial charge is 0.399 e. The Balaban J connectivity index is 2.18. The maximum atomic E-state index is 5.79. The first kappa shape index (κ1) is 8.33. The van der Waals surface area contributed by atoms with Crippen LogP contribution in [0.2, 0.25) is 0 Å². The molecule has 12 heavy (non-hydrogen) atoms. The molecule has 1 heterocycles. The maximum Gasteiger partial charge on any atom is 0.489 e. The van der Waals surface area contributed by atoms with Crippen molar-refractivity contribution in [3.8, 4) is 0 Å². The van der Waals surface area contributed by atoms with Crippen molar-refractivity contribution in [2.24, 2.45) is 0 Å². The summed E-state index contributed by atoms with van der Waals surface area (Å²) in [6, 6.07) is 0. The van der Waals surface area contributed by atoms with E-state index in [1.807, 2.05) is 6.92 Å². The van der Waals surface area contributed by atoms with E-state index in [4.69, 9.17) is 9.31 Å². The molecule has 2 fully saturated rings. The molecule has 0 N–H and O–H groups in total. The number of allylic oxidation sites excluding steroid dienone is 1. The summed E-state index contributed by atoms with van der Waals surface area (Å²) in [5, 5.41) is 0. The highest BCUT2D eigenvalue weighted by atomic mass is 16.7. The van der Waals surface area contributed by atoms with E-state index in [2.05, 4.69) is 20.4 Å². The monoisotopic (exact) mass is 166 g/mol. The van der Waals surface area contributed by atoms with Gasteiger partial charge in [-0.2, -0.15) is 0 Å². The molecule has 1 aliphatic heterocycles. The van der Waals surface area contributed by atoms with E-state index in [0.29, 0.717) is 0 Å². The lowest BCUT2D eigenvalue weighted by Gasteiger charge is -2.49. The van der Waals surface area contributed by atoms with Crippen molar-refractivity contribution in [1.82, 2.24) is 0 Å². The van der Waals surface area contributed by atoms with Gasteiger partial charge in [0, 0.05) is 0 Å². The molecule has 1 aliphatic carbocycles. The fourth-order valence-corrected chi connectivity index (χ4v) is 1.89. The van der Waals surface area contributed by atoms with Crippen LogP contribution in [0.3, 0.4) is 0 Å². The van der Waals surface area contributed by atoms with Crippen molar-refractivity contribution in [2.75, 3.05) is 0 Å². The van der Waals surface area contributed by atoms with Crippen LogP contribution in [-0.4, -0.2) is 18.3 Å². The minimum Gasteiger partial charge on any atom is -0.399 e. The van der Waals surface area contributed by atoms with Crippen LogP contribution in [0.15, 0.2) is 12.1 Å². The summed E-state index contributed by atoms with van der Waals surface area (Å²) >= 11 is 0. The highest BCUT2D eigenvalue weighted by Gasteiger charge is 2.62. The van der Waals surface area contributed by atoms with E-state index in [-0.39, 0.29) is 18.3 Å². The highest BCUT2D eigenvalue weighted by molar-refractivity contribution is 6.54. The van der Waals surface area contributed by atoms with E-state index in [1.54, 1.807) is 0 Å². The van der Waals surface area contributed by atoms with Crippen LogP contribution < -0.4 is 0 Å². The Hall–Kier alpha value is -0.275. The van der Waals surface area contributed by atoms with Gasteiger partial charge in [0.15, 0.2) is 0 Å². The highest BCUT2D eigenvalue weighted by Crippen LogP contribution is 2.53. The molecule has 2 rings (SSSR count). The molecule has 0 spiro atoms.